The fraction of sp³-hybridized carbons (Fsp3) is 0.0714. The highest BCUT2D eigenvalue weighted by molar-refractivity contribution is 7.14. The molecule has 0 amide bonds. The number of benzene rings is 2. The van der Waals surface area contributed by atoms with E-state index >= 15 is 0 Å². The van der Waals surface area contributed by atoms with Crippen molar-refractivity contribution in [1.29, 1.82) is 0 Å². The predicted octanol–water partition coefficient (Wildman–Crippen LogP) is 3.50. The zero-order valence-corrected chi connectivity index (χ0v) is 10.5. The second kappa shape index (κ2) is 4.07. The van der Waals surface area contributed by atoms with E-state index in [0.29, 0.717) is 5.39 Å². The maximum atomic E-state index is 13.2. The minimum Gasteiger partial charge on any atom is -0.267 e. The summed E-state index contributed by atoms with van der Waals surface area (Å²) in [6.45, 7) is 1.95. The maximum Gasteiger partial charge on any atom is 0.273 e. The van der Waals surface area contributed by atoms with Gasteiger partial charge in [-0.1, -0.05) is 29.7 Å². The molecule has 18 heavy (non-hydrogen) atoms. The molecular weight excluding hydrogens is 249 g/mol. The monoisotopic (exact) mass is 259 g/mol. The van der Waals surface area contributed by atoms with Gasteiger partial charge in [0.2, 0.25) is 0 Å². The fourth-order valence-corrected chi connectivity index (χ4v) is 3.00. The molecule has 0 fully saturated rings. The maximum absolute atomic E-state index is 13.2. The number of aromatic nitrogens is 1. The largest absolute Gasteiger partial charge is 0.273 e. The molecular formula is C14H10FNOS. The molecule has 0 spiro atoms. The molecule has 0 bridgehead atoms. The second-order valence-electron chi connectivity index (χ2n) is 4.12. The molecule has 0 aliphatic rings. The first-order chi connectivity index (χ1) is 8.66. The van der Waals surface area contributed by atoms with Crippen LogP contribution in [0.1, 0.15) is 5.56 Å². The second-order valence-corrected chi connectivity index (χ2v) is 5.11. The third-order valence-corrected chi connectivity index (χ3v) is 3.98. The van der Waals surface area contributed by atoms with Crippen molar-refractivity contribution < 1.29 is 4.39 Å². The molecule has 90 valence electrons. The molecule has 0 N–H and O–H groups in total. The van der Waals surface area contributed by atoms with Crippen LogP contribution in [0.4, 0.5) is 4.39 Å². The third-order valence-electron chi connectivity index (χ3n) is 2.88. The summed E-state index contributed by atoms with van der Waals surface area (Å²) in [6.07, 6.45) is 0. The van der Waals surface area contributed by atoms with Crippen LogP contribution >= 0.6 is 11.5 Å². The standard InChI is InChI=1S/C14H10FNOS/c1-9-4-2-3-5-12(9)16-14(17)11-8-10(15)6-7-13(11)18-16/h2-8H,1H3. The van der Waals surface area contributed by atoms with Gasteiger partial charge in [-0.15, -0.1) is 0 Å². The van der Waals surface area contributed by atoms with Crippen LogP contribution in [0, 0.1) is 12.7 Å². The Labute approximate surface area is 107 Å². The Morgan fingerprint density at radius 1 is 1.17 bits per heavy atom. The zero-order valence-electron chi connectivity index (χ0n) is 9.68. The summed E-state index contributed by atoms with van der Waals surface area (Å²) in [5.74, 6) is -0.380. The van der Waals surface area contributed by atoms with Crippen LogP contribution in [0.2, 0.25) is 0 Å². The van der Waals surface area contributed by atoms with E-state index < -0.39 is 0 Å². The number of halogens is 1. The number of aryl methyl sites for hydroxylation is 1. The third kappa shape index (κ3) is 1.66. The summed E-state index contributed by atoms with van der Waals surface area (Å²) in [5.41, 5.74) is 1.71. The minimum atomic E-state index is -0.380. The first kappa shape index (κ1) is 11.2. The number of rotatable bonds is 1. The van der Waals surface area contributed by atoms with Crippen LogP contribution in [-0.2, 0) is 0 Å². The van der Waals surface area contributed by atoms with Crippen LogP contribution in [0.25, 0.3) is 15.8 Å². The van der Waals surface area contributed by atoms with E-state index in [1.54, 1.807) is 10.0 Å². The summed E-state index contributed by atoms with van der Waals surface area (Å²) in [7, 11) is 0. The number of para-hydroxylation sites is 1. The molecule has 2 nitrogen and oxygen atoms in total. The zero-order chi connectivity index (χ0) is 12.7. The average Bonchev–Trinajstić information content (AvgIpc) is 2.68. The molecule has 4 heteroatoms. The number of nitrogens with zero attached hydrogens (tertiary/aromatic N) is 1. The van der Waals surface area contributed by atoms with Crippen LogP contribution < -0.4 is 5.56 Å². The van der Waals surface area contributed by atoms with Crippen molar-refractivity contribution in [3.63, 3.8) is 0 Å². The highest BCUT2D eigenvalue weighted by Crippen LogP contribution is 2.22. The van der Waals surface area contributed by atoms with Crippen molar-refractivity contribution in [1.82, 2.24) is 3.96 Å². The fourth-order valence-electron chi connectivity index (χ4n) is 1.95. The lowest BCUT2D eigenvalue weighted by molar-refractivity contribution is 0.629. The molecule has 0 saturated heterocycles. The van der Waals surface area contributed by atoms with Gasteiger partial charge in [0.15, 0.2) is 0 Å². The summed E-state index contributed by atoms with van der Waals surface area (Å²) >= 11 is 1.34. The summed E-state index contributed by atoms with van der Waals surface area (Å²) in [5, 5.41) is 0.434. The van der Waals surface area contributed by atoms with Crippen LogP contribution in [0.15, 0.2) is 47.3 Å². The molecule has 3 aromatic rings. The van der Waals surface area contributed by atoms with Gasteiger partial charge >= 0.3 is 0 Å². The van der Waals surface area contributed by atoms with Crippen LogP contribution in [0.5, 0.6) is 0 Å². The summed E-state index contributed by atoms with van der Waals surface area (Å²) in [4.78, 5) is 12.2. The molecule has 2 aromatic carbocycles. The van der Waals surface area contributed by atoms with Gasteiger partial charge in [-0.3, -0.25) is 4.79 Å². The van der Waals surface area contributed by atoms with E-state index in [1.165, 1.54) is 23.7 Å². The number of hydrogen-bond donors (Lipinski definition) is 0. The van der Waals surface area contributed by atoms with Gasteiger partial charge in [-0.25, -0.2) is 8.35 Å². The quantitative estimate of drug-likeness (QED) is 0.655. The molecule has 0 radical (unpaired) electrons. The predicted molar refractivity (Wildman–Crippen MR) is 72.1 cm³/mol. The van der Waals surface area contributed by atoms with Gasteiger partial charge in [0.1, 0.15) is 5.82 Å². The first-order valence-corrected chi connectivity index (χ1v) is 6.32. The Balaban J connectivity index is 2.35. The number of hydrogen-bond acceptors (Lipinski definition) is 2. The van der Waals surface area contributed by atoms with Gasteiger partial charge in [0, 0.05) is 0 Å². The normalized spacial score (nSPS) is 11.0. The van der Waals surface area contributed by atoms with Crippen molar-refractivity contribution in [2.24, 2.45) is 0 Å². The lowest BCUT2D eigenvalue weighted by Crippen LogP contribution is -2.11. The molecule has 1 aromatic heterocycles. The SMILES string of the molecule is Cc1ccccc1-n1sc2ccc(F)cc2c1=O. The first-order valence-electron chi connectivity index (χ1n) is 5.54. The van der Waals surface area contributed by atoms with Crippen molar-refractivity contribution in [2.75, 3.05) is 0 Å². The van der Waals surface area contributed by atoms with Crippen molar-refractivity contribution in [3.05, 3.63) is 64.2 Å². The molecule has 3 rings (SSSR count). The summed E-state index contributed by atoms with van der Waals surface area (Å²) < 4.78 is 15.6. The highest BCUT2D eigenvalue weighted by atomic mass is 32.1. The van der Waals surface area contributed by atoms with Crippen molar-refractivity contribution >= 4 is 21.6 Å². The highest BCUT2D eigenvalue weighted by Gasteiger charge is 2.11. The van der Waals surface area contributed by atoms with Crippen molar-refractivity contribution in [2.45, 2.75) is 6.92 Å². The van der Waals surface area contributed by atoms with E-state index in [-0.39, 0.29) is 11.4 Å². The van der Waals surface area contributed by atoms with E-state index in [0.717, 1.165) is 16.0 Å². The van der Waals surface area contributed by atoms with Gasteiger partial charge in [0.05, 0.1) is 15.8 Å². The van der Waals surface area contributed by atoms with Gasteiger partial charge in [-0.2, -0.15) is 0 Å². The Morgan fingerprint density at radius 3 is 2.72 bits per heavy atom. The number of fused-ring (bicyclic) bond motifs is 1. The molecule has 0 atom stereocenters. The van der Waals surface area contributed by atoms with Crippen LogP contribution in [-0.4, -0.2) is 3.96 Å². The topological polar surface area (TPSA) is 22.0 Å². The Kier molecular flexibility index (Phi) is 2.52. The Bertz CT molecular complexity index is 788. The molecule has 0 unspecified atom stereocenters. The lowest BCUT2D eigenvalue weighted by atomic mass is 10.2. The van der Waals surface area contributed by atoms with Gasteiger partial charge in [0.25, 0.3) is 5.56 Å². The Hall–Kier alpha value is -1.94. The van der Waals surface area contributed by atoms with Gasteiger partial charge < -0.3 is 0 Å². The van der Waals surface area contributed by atoms with Crippen molar-refractivity contribution in [3.8, 4) is 5.69 Å². The molecule has 0 aliphatic heterocycles. The van der Waals surface area contributed by atoms with Gasteiger partial charge in [-0.05, 0) is 36.8 Å². The Morgan fingerprint density at radius 2 is 1.94 bits per heavy atom. The average molecular weight is 259 g/mol. The van der Waals surface area contributed by atoms with Crippen LogP contribution in [0.3, 0.4) is 0 Å². The van der Waals surface area contributed by atoms with E-state index in [9.17, 15) is 9.18 Å². The molecule has 1 heterocycles. The smallest absolute Gasteiger partial charge is 0.267 e. The lowest BCUT2D eigenvalue weighted by Gasteiger charge is -2.03. The molecule has 0 saturated carbocycles. The van der Waals surface area contributed by atoms with E-state index in [2.05, 4.69) is 0 Å². The van der Waals surface area contributed by atoms with E-state index in [1.807, 2.05) is 31.2 Å². The molecule has 0 aliphatic carbocycles. The summed E-state index contributed by atoms with van der Waals surface area (Å²) in [6, 6.07) is 12.0. The minimum absolute atomic E-state index is 0.163. The van der Waals surface area contributed by atoms with E-state index in [4.69, 9.17) is 0 Å².